The van der Waals surface area contributed by atoms with Crippen molar-refractivity contribution in [2.24, 2.45) is 29.6 Å². The molecule has 0 aromatic rings. The maximum Gasteiger partial charge on any atom is 0.331 e. The summed E-state index contributed by atoms with van der Waals surface area (Å²) in [6, 6.07) is 0. The summed E-state index contributed by atoms with van der Waals surface area (Å²) in [7, 11) is 0. The number of hydrogen-bond donors (Lipinski definition) is 3. The third kappa shape index (κ3) is 3.33. The zero-order valence-corrected chi connectivity index (χ0v) is 21.2. The molecular formula is C27H36O8. The van der Waals surface area contributed by atoms with E-state index < -0.39 is 76.3 Å². The van der Waals surface area contributed by atoms with Crippen molar-refractivity contribution in [1.82, 2.24) is 0 Å². The Morgan fingerprint density at radius 2 is 1.89 bits per heavy atom. The van der Waals surface area contributed by atoms with Crippen LogP contribution in [0.25, 0.3) is 0 Å². The van der Waals surface area contributed by atoms with E-state index in [9.17, 15) is 29.7 Å². The normalized spacial score (nSPS) is 44.1. The summed E-state index contributed by atoms with van der Waals surface area (Å²) >= 11 is 0. The third-order valence-electron chi connectivity index (χ3n) is 8.81. The number of fused-ring (bicyclic) bond motifs is 5. The van der Waals surface area contributed by atoms with Crippen LogP contribution >= 0.6 is 0 Å². The number of allylic oxidation sites excluding steroid dienone is 1. The van der Waals surface area contributed by atoms with Gasteiger partial charge in [-0.2, -0.15) is 0 Å². The molecule has 0 bridgehead atoms. The summed E-state index contributed by atoms with van der Waals surface area (Å²) in [4.78, 5) is 38.4. The summed E-state index contributed by atoms with van der Waals surface area (Å²) < 4.78 is 12.0. The first-order valence-corrected chi connectivity index (χ1v) is 12.3. The molecule has 2 saturated carbocycles. The Bertz CT molecular complexity index is 1060. The lowest BCUT2D eigenvalue weighted by atomic mass is 9.60. The molecule has 0 heterocycles. The Morgan fingerprint density at radius 3 is 2.46 bits per heavy atom. The minimum Gasteiger partial charge on any atom is -0.454 e. The molecule has 0 aromatic carbocycles. The van der Waals surface area contributed by atoms with E-state index in [1.807, 2.05) is 0 Å². The summed E-state index contributed by atoms with van der Waals surface area (Å²) in [6.45, 7) is 9.82. The number of ketones is 1. The molecule has 0 spiro atoms. The van der Waals surface area contributed by atoms with Gasteiger partial charge < -0.3 is 24.8 Å². The standard InChI is InChI=1S/C27H36O8/c1-7-8-20(29)34-24(6)21-18-10-17(13-28)12-25(32)19(9-15(4)22(25)30)27(18,33)16(5)11-26(21,24)35-23(31)14(2)3/h7-10,14,16,18-19,21,28,32-33H,11-13H2,1-6H3/b8-7+/t16-,18+,19-,21-,24?,25-,26+,27-/m1/s1. The molecule has 2 fully saturated rings. The molecule has 0 aliphatic heterocycles. The number of rotatable bonds is 5. The molecule has 0 amide bonds. The Hall–Kier alpha value is -2.29. The minimum absolute atomic E-state index is 0.118. The van der Waals surface area contributed by atoms with Gasteiger partial charge in [-0.15, -0.1) is 0 Å². The third-order valence-corrected chi connectivity index (χ3v) is 8.81. The number of esters is 2. The maximum absolute atomic E-state index is 13.0. The molecule has 35 heavy (non-hydrogen) atoms. The van der Waals surface area contributed by atoms with Gasteiger partial charge in [0.1, 0.15) is 5.60 Å². The molecular weight excluding hydrogens is 452 g/mol. The molecule has 0 aromatic heterocycles. The van der Waals surface area contributed by atoms with Crippen LogP contribution in [0.3, 0.4) is 0 Å². The van der Waals surface area contributed by atoms with Gasteiger partial charge >= 0.3 is 11.9 Å². The van der Waals surface area contributed by atoms with Gasteiger partial charge in [0, 0.05) is 24.3 Å². The highest BCUT2D eigenvalue weighted by Gasteiger charge is 2.87. The van der Waals surface area contributed by atoms with Gasteiger partial charge in [0.05, 0.1) is 24.0 Å². The van der Waals surface area contributed by atoms with E-state index in [1.54, 1.807) is 59.8 Å². The molecule has 1 unspecified atom stereocenters. The van der Waals surface area contributed by atoms with Crippen LogP contribution in [0, 0.1) is 29.6 Å². The van der Waals surface area contributed by atoms with Crippen molar-refractivity contribution < 1.29 is 39.2 Å². The topological polar surface area (TPSA) is 130 Å². The van der Waals surface area contributed by atoms with Crippen molar-refractivity contribution in [3.05, 3.63) is 35.5 Å². The van der Waals surface area contributed by atoms with Crippen molar-refractivity contribution in [3.63, 3.8) is 0 Å². The van der Waals surface area contributed by atoms with Crippen molar-refractivity contribution in [2.75, 3.05) is 6.61 Å². The molecule has 4 rings (SSSR count). The molecule has 4 aliphatic carbocycles. The van der Waals surface area contributed by atoms with Crippen LogP contribution in [0.4, 0.5) is 0 Å². The fraction of sp³-hybridized carbons (Fsp3) is 0.667. The number of Topliss-reactive ketones (excluding diaryl/α,β-unsaturated/α-hetero) is 1. The molecule has 192 valence electrons. The van der Waals surface area contributed by atoms with Gasteiger partial charge in [-0.25, -0.2) is 4.79 Å². The first-order chi connectivity index (χ1) is 16.2. The van der Waals surface area contributed by atoms with E-state index in [1.165, 1.54) is 6.08 Å². The van der Waals surface area contributed by atoms with E-state index in [-0.39, 0.29) is 12.8 Å². The molecule has 0 saturated heterocycles. The van der Waals surface area contributed by atoms with Crippen molar-refractivity contribution in [3.8, 4) is 0 Å². The maximum atomic E-state index is 13.0. The quantitative estimate of drug-likeness (QED) is 0.304. The average Bonchev–Trinajstić information content (AvgIpc) is 3.20. The SMILES string of the molecule is C/C=C/C(=O)OC1(C)[C@H]2[C@@H]3C=C(CO)C[C@]4(O)C(=O)C(C)=C[C@H]4[C@@]3(O)[C@H](C)C[C@]21OC(=O)C(C)C. The number of carbonyl (C=O) groups is 3. The number of aliphatic hydroxyl groups is 3. The van der Waals surface area contributed by atoms with E-state index in [0.29, 0.717) is 11.1 Å². The minimum atomic E-state index is -1.89. The van der Waals surface area contributed by atoms with Crippen LogP contribution in [-0.4, -0.2) is 62.1 Å². The van der Waals surface area contributed by atoms with Gasteiger partial charge in [-0.1, -0.05) is 39.0 Å². The molecule has 8 nitrogen and oxygen atoms in total. The van der Waals surface area contributed by atoms with Gasteiger partial charge in [0.15, 0.2) is 17.0 Å². The number of aliphatic hydroxyl groups excluding tert-OH is 1. The fourth-order valence-corrected chi connectivity index (χ4v) is 7.04. The predicted octanol–water partition coefficient (Wildman–Crippen LogP) is 2.02. The van der Waals surface area contributed by atoms with Gasteiger partial charge in [0.25, 0.3) is 0 Å². The highest BCUT2D eigenvalue weighted by atomic mass is 16.6. The van der Waals surface area contributed by atoms with Crippen LogP contribution < -0.4 is 0 Å². The first kappa shape index (κ1) is 25.8. The lowest BCUT2D eigenvalue weighted by molar-refractivity contribution is -0.189. The van der Waals surface area contributed by atoms with Crippen molar-refractivity contribution in [1.29, 1.82) is 0 Å². The van der Waals surface area contributed by atoms with E-state index in [0.717, 1.165) is 0 Å². The Kier molecular flexibility index (Phi) is 5.98. The number of ether oxygens (including phenoxy) is 2. The zero-order chi connectivity index (χ0) is 26.1. The van der Waals surface area contributed by atoms with Crippen LogP contribution in [0.1, 0.15) is 54.4 Å². The van der Waals surface area contributed by atoms with Gasteiger partial charge in [0.2, 0.25) is 0 Å². The highest BCUT2D eigenvalue weighted by molar-refractivity contribution is 6.04. The summed E-state index contributed by atoms with van der Waals surface area (Å²) in [5.41, 5.74) is -5.18. The van der Waals surface area contributed by atoms with E-state index >= 15 is 0 Å². The second-order valence-electron chi connectivity index (χ2n) is 11.2. The van der Waals surface area contributed by atoms with Crippen molar-refractivity contribution in [2.45, 2.75) is 76.8 Å². The summed E-state index contributed by atoms with van der Waals surface area (Å²) in [5, 5.41) is 34.1. The lowest BCUT2D eigenvalue weighted by Gasteiger charge is -2.50. The first-order valence-electron chi connectivity index (χ1n) is 12.3. The van der Waals surface area contributed by atoms with Gasteiger partial charge in [-0.3, -0.25) is 9.59 Å². The van der Waals surface area contributed by atoms with E-state index in [2.05, 4.69) is 0 Å². The number of carbonyl (C=O) groups excluding carboxylic acids is 3. The molecule has 8 atom stereocenters. The second kappa shape index (κ2) is 8.11. The second-order valence-corrected chi connectivity index (χ2v) is 11.2. The molecule has 0 radical (unpaired) electrons. The smallest absolute Gasteiger partial charge is 0.331 e. The van der Waals surface area contributed by atoms with Crippen LogP contribution in [0.2, 0.25) is 0 Å². The van der Waals surface area contributed by atoms with Gasteiger partial charge in [-0.05, 0) is 44.3 Å². The monoisotopic (exact) mass is 488 g/mol. The molecule has 4 aliphatic rings. The average molecular weight is 489 g/mol. The lowest BCUT2D eigenvalue weighted by Crippen LogP contribution is -2.61. The predicted molar refractivity (Wildman–Crippen MR) is 126 cm³/mol. The summed E-state index contributed by atoms with van der Waals surface area (Å²) in [6.07, 6.45) is 6.21. The molecule has 3 N–H and O–H groups in total. The Labute approximate surface area is 205 Å². The van der Waals surface area contributed by atoms with Crippen LogP contribution in [-0.2, 0) is 23.9 Å². The van der Waals surface area contributed by atoms with E-state index in [4.69, 9.17) is 9.47 Å². The number of hydrogen-bond acceptors (Lipinski definition) is 8. The zero-order valence-electron chi connectivity index (χ0n) is 21.2. The Morgan fingerprint density at radius 1 is 1.23 bits per heavy atom. The summed E-state index contributed by atoms with van der Waals surface area (Å²) in [5.74, 6) is -4.80. The largest absolute Gasteiger partial charge is 0.454 e. The van der Waals surface area contributed by atoms with Crippen molar-refractivity contribution >= 4 is 17.7 Å². The van der Waals surface area contributed by atoms with Crippen LogP contribution in [0.5, 0.6) is 0 Å². The fourth-order valence-electron chi connectivity index (χ4n) is 7.04. The highest BCUT2D eigenvalue weighted by Crippen LogP contribution is 2.73. The Balaban J connectivity index is 1.89. The van der Waals surface area contributed by atoms with Crippen LogP contribution in [0.15, 0.2) is 35.5 Å². The molecule has 8 heteroatoms.